The number of benzene rings is 2. The quantitative estimate of drug-likeness (QED) is 0.323. The van der Waals surface area contributed by atoms with Gasteiger partial charge < -0.3 is 14.4 Å². The molecule has 0 unspecified atom stereocenters. The molecule has 0 spiro atoms. The Morgan fingerprint density at radius 3 is 2.32 bits per heavy atom. The number of carbonyl (C=O) groups is 2. The average Bonchev–Trinajstić information content (AvgIpc) is 3.05. The molecule has 6 heteroatoms. The second kappa shape index (κ2) is 10.3. The van der Waals surface area contributed by atoms with Crippen molar-refractivity contribution in [1.29, 1.82) is 0 Å². The molecule has 1 atom stereocenters. The van der Waals surface area contributed by atoms with Crippen LogP contribution in [0.5, 0.6) is 0 Å². The first-order valence-electron chi connectivity index (χ1n) is 11.5. The van der Waals surface area contributed by atoms with Crippen LogP contribution in [0.3, 0.4) is 0 Å². The van der Waals surface area contributed by atoms with Crippen LogP contribution in [0.25, 0.3) is 28.1 Å². The number of rotatable bonds is 8. The second-order valence-corrected chi connectivity index (χ2v) is 9.70. The summed E-state index contributed by atoms with van der Waals surface area (Å²) in [5, 5.41) is 11.2. The van der Waals surface area contributed by atoms with Crippen molar-refractivity contribution in [2.75, 3.05) is 0 Å². The molecule has 0 aliphatic carbocycles. The molecular formula is C28H32FNO4. The highest BCUT2D eigenvalue weighted by molar-refractivity contribution is 6.03. The molecule has 0 bridgehead atoms. The molecule has 3 rings (SSSR count). The summed E-state index contributed by atoms with van der Waals surface area (Å²) in [7, 11) is 0. The van der Waals surface area contributed by atoms with E-state index in [2.05, 4.69) is 18.4 Å². The van der Waals surface area contributed by atoms with Gasteiger partial charge in [0.2, 0.25) is 0 Å². The van der Waals surface area contributed by atoms with E-state index in [9.17, 15) is 19.1 Å². The maximum Gasteiger partial charge on any atom is 0.308 e. The summed E-state index contributed by atoms with van der Waals surface area (Å²) in [6.45, 7) is 9.36. The van der Waals surface area contributed by atoms with Crippen LogP contribution in [0, 0.1) is 5.82 Å². The van der Waals surface area contributed by atoms with E-state index < -0.39 is 17.7 Å². The third-order valence-electron chi connectivity index (χ3n) is 5.28. The topological polar surface area (TPSA) is 68.5 Å². The van der Waals surface area contributed by atoms with Gasteiger partial charge in [0.05, 0.1) is 18.2 Å². The van der Waals surface area contributed by atoms with Crippen molar-refractivity contribution in [3.8, 4) is 11.1 Å². The number of hydrogen-bond acceptors (Lipinski definition) is 4. The molecule has 3 aromatic rings. The summed E-state index contributed by atoms with van der Waals surface area (Å²) >= 11 is 0. The lowest BCUT2D eigenvalue weighted by Gasteiger charge is -2.20. The van der Waals surface area contributed by atoms with Gasteiger partial charge >= 0.3 is 5.97 Å². The number of hydrogen-bond donors (Lipinski definition) is 1. The molecule has 1 N–H and O–H groups in total. The first-order valence-corrected chi connectivity index (χ1v) is 11.5. The fourth-order valence-corrected chi connectivity index (χ4v) is 4.04. The summed E-state index contributed by atoms with van der Waals surface area (Å²) in [5.41, 5.74) is 2.92. The first-order chi connectivity index (χ1) is 16.0. The highest BCUT2D eigenvalue weighted by Crippen LogP contribution is 2.37. The van der Waals surface area contributed by atoms with Crippen molar-refractivity contribution in [2.45, 2.75) is 65.2 Å². The Balaban J connectivity index is 1.92. The summed E-state index contributed by atoms with van der Waals surface area (Å²) in [6.07, 6.45) is 1.60. The summed E-state index contributed by atoms with van der Waals surface area (Å²) in [6, 6.07) is 14.3. The van der Waals surface area contributed by atoms with Gasteiger partial charge in [0.15, 0.2) is 5.78 Å². The monoisotopic (exact) mass is 465 g/mol. The van der Waals surface area contributed by atoms with Crippen molar-refractivity contribution in [1.82, 2.24) is 4.57 Å². The Morgan fingerprint density at radius 1 is 1.06 bits per heavy atom. The molecule has 0 amide bonds. The highest BCUT2D eigenvalue weighted by atomic mass is 19.1. The van der Waals surface area contributed by atoms with Crippen molar-refractivity contribution in [3.05, 3.63) is 66.1 Å². The lowest BCUT2D eigenvalue weighted by atomic mass is 10.0. The molecular weight excluding hydrogens is 433 g/mol. The van der Waals surface area contributed by atoms with Crippen molar-refractivity contribution < 1.29 is 23.8 Å². The maximum atomic E-state index is 13.6. The first kappa shape index (κ1) is 25.4. The Kier molecular flexibility index (Phi) is 7.72. The average molecular weight is 466 g/mol. The minimum Gasteiger partial charge on any atom is -0.460 e. The maximum absolute atomic E-state index is 13.6. The van der Waals surface area contributed by atoms with Gasteiger partial charge in [0.1, 0.15) is 11.4 Å². The SMILES string of the molecule is CC(C)n1c(/C=C/C(=O)C[C@@H](O)CC(=O)OC(C)(C)C)c(-c2ccc(F)cc2)c2ccccc21. The van der Waals surface area contributed by atoms with E-state index >= 15 is 0 Å². The second-order valence-electron chi connectivity index (χ2n) is 9.70. The Hall–Kier alpha value is -3.25. The number of fused-ring (bicyclic) bond motifs is 1. The molecule has 34 heavy (non-hydrogen) atoms. The van der Waals surface area contributed by atoms with E-state index in [1.807, 2.05) is 24.3 Å². The lowest BCUT2D eigenvalue weighted by molar-refractivity contribution is -0.157. The molecule has 1 aromatic heterocycles. The number of ether oxygens (including phenoxy) is 1. The molecule has 0 radical (unpaired) electrons. The molecule has 0 fully saturated rings. The molecule has 5 nitrogen and oxygen atoms in total. The van der Waals surface area contributed by atoms with Crippen LogP contribution >= 0.6 is 0 Å². The van der Waals surface area contributed by atoms with Gasteiger partial charge in [-0.3, -0.25) is 9.59 Å². The van der Waals surface area contributed by atoms with Crippen LogP contribution in [0.1, 0.15) is 59.2 Å². The van der Waals surface area contributed by atoms with Gasteiger partial charge in [-0.15, -0.1) is 0 Å². The largest absolute Gasteiger partial charge is 0.460 e. The van der Waals surface area contributed by atoms with Crippen LogP contribution in [-0.2, 0) is 14.3 Å². The van der Waals surface area contributed by atoms with Crippen molar-refractivity contribution in [2.24, 2.45) is 0 Å². The molecule has 0 aliphatic heterocycles. The van der Waals surface area contributed by atoms with Crippen LogP contribution < -0.4 is 0 Å². The van der Waals surface area contributed by atoms with E-state index in [0.29, 0.717) is 0 Å². The van der Waals surface area contributed by atoms with E-state index in [-0.39, 0.29) is 30.5 Å². The van der Waals surface area contributed by atoms with Crippen molar-refractivity contribution in [3.63, 3.8) is 0 Å². The Bertz CT molecular complexity index is 1200. The van der Waals surface area contributed by atoms with E-state index in [1.165, 1.54) is 18.2 Å². The van der Waals surface area contributed by atoms with Gasteiger partial charge in [-0.25, -0.2) is 4.39 Å². The Morgan fingerprint density at radius 2 is 1.71 bits per heavy atom. The third kappa shape index (κ3) is 6.20. The highest BCUT2D eigenvalue weighted by Gasteiger charge is 2.21. The molecule has 0 saturated carbocycles. The van der Waals surface area contributed by atoms with Crippen LogP contribution in [0.2, 0.25) is 0 Å². The number of aliphatic hydroxyl groups excluding tert-OH is 1. The Labute approximate surface area is 199 Å². The lowest BCUT2D eigenvalue weighted by Crippen LogP contribution is -2.27. The number of aliphatic hydroxyl groups is 1. The zero-order chi connectivity index (χ0) is 25.0. The number of esters is 1. The number of nitrogens with zero attached hydrogens (tertiary/aromatic N) is 1. The van der Waals surface area contributed by atoms with E-state index in [0.717, 1.165) is 27.7 Å². The zero-order valence-electron chi connectivity index (χ0n) is 20.3. The fraction of sp³-hybridized carbons (Fsp3) is 0.357. The number of halogens is 1. The summed E-state index contributed by atoms with van der Waals surface area (Å²) < 4.78 is 20.9. The minimum atomic E-state index is -1.13. The number of ketones is 1. The summed E-state index contributed by atoms with van der Waals surface area (Å²) in [4.78, 5) is 24.6. The smallest absolute Gasteiger partial charge is 0.308 e. The molecule has 0 aliphatic rings. The predicted octanol–water partition coefficient (Wildman–Crippen LogP) is 6.09. The minimum absolute atomic E-state index is 0.103. The number of allylic oxidation sites excluding steroid dienone is 1. The van der Waals surface area contributed by atoms with Gasteiger partial charge in [-0.2, -0.15) is 0 Å². The van der Waals surface area contributed by atoms with E-state index in [4.69, 9.17) is 4.74 Å². The zero-order valence-corrected chi connectivity index (χ0v) is 20.3. The number of carbonyl (C=O) groups excluding carboxylic acids is 2. The normalized spacial score (nSPS) is 13.1. The standard InChI is InChI=1S/C28H32FNO4/c1-18(2)30-24-9-7-6-8-23(24)27(19-10-12-20(29)13-11-19)25(30)15-14-21(31)16-22(32)17-26(33)34-28(3,4)5/h6-15,18,22,32H,16-17H2,1-5H3/b15-14+/t22-/m1/s1. The summed E-state index contributed by atoms with van der Waals surface area (Å²) in [5.74, 6) is -1.17. The van der Waals surface area contributed by atoms with E-state index in [1.54, 1.807) is 39.0 Å². The van der Waals surface area contributed by atoms with Gasteiger partial charge in [-0.1, -0.05) is 30.3 Å². The van der Waals surface area contributed by atoms with Crippen LogP contribution in [0.4, 0.5) is 4.39 Å². The van der Waals surface area contributed by atoms with Gasteiger partial charge in [-0.05, 0) is 70.5 Å². The molecule has 180 valence electrons. The van der Waals surface area contributed by atoms with Crippen LogP contribution in [-0.4, -0.2) is 33.1 Å². The van der Waals surface area contributed by atoms with Gasteiger partial charge in [0.25, 0.3) is 0 Å². The number of para-hydroxylation sites is 1. The van der Waals surface area contributed by atoms with Crippen LogP contribution in [0.15, 0.2) is 54.6 Å². The molecule has 1 heterocycles. The van der Waals surface area contributed by atoms with Gasteiger partial charge in [0, 0.05) is 28.9 Å². The number of aromatic nitrogens is 1. The third-order valence-corrected chi connectivity index (χ3v) is 5.28. The molecule has 2 aromatic carbocycles. The van der Waals surface area contributed by atoms with Crippen molar-refractivity contribution >= 4 is 28.7 Å². The predicted molar refractivity (Wildman–Crippen MR) is 133 cm³/mol. The fourth-order valence-electron chi connectivity index (χ4n) is 4.04. The molecule has 0 saturated heterocycles.